The second-order valence-electron chi connectivity index (χ2n) is 4.58. The molecule has 0 aliphatic carbocycles. The molecule has 1 aromatic heterocycles. The number of nitrogens with zero attached hydrogens (tertiary/aromatic N) is 2. The van der Waals surface area contributed by atoms with Crippen molar-refractivity contribution in [3.05, 3.63) is 10.6 Å². The standard InChI is InChI=1S/C12H20N2O2S/c1-6-12(2,3)14(4)11-13-9(8-16-5)10(7-15)17-11/h7H,6,8H2,1-5H3. The highest BCUT2D eigenvalue weighted by Gasteiger charge is 2.25. The number of hydrogen-bond acceptors (Lipinski definition) is 5. The van der Waals surface area contributed by atoms with E-state index in [0.717, 1.165) is 23.5 Å². The summed E-state index contributed by atoms with van der Waals surface area (Å²) in [6.07, 6.45) is 1.86. The fourth-order valence-corrected chi connectivity index (χ4v) is 2.33. The number of aldehydes is 1. The number of methoxy groups -OCH3 is 1. The maximum absolute atomic E-state index is 11.0. The van der Waals surface area contributed by atoms with Crippen LogP contribution < -0.4 is 4.90 Å². The quantitative estimate of drug-likeness (QED) is 0.734. The van der Waals surface area contributed by atoms with Crippen molar-refractivity contribution in [2.45, 2.75) is 39.3 Å². The average Bonchev–Trinajstić information content (AvgIpc) is 2.71. The van der Waals surface area contributed by atoms with Gasteiger partial charge in [0.1, 0.15) is 0 Å². The fraction of sp³-hybridized carbons (Fsp3) is 0.667. The van der Waals surface area contributed by atoms with Crippen molar-refractivity contribution in [1.29, 1.82) is 0 Å². The average molecular weight is 256 g/mol. The van der Waals surface area contributed by atoms with E-state index in [2.05, 4.69) is 30.7 Å². The number of rotatable bonds is 6. The Morgan fingerprint density at radius 1 is 1.53 bits per heavy atom. The topological polar surface area (TPSA) is 42.4 Å². The van der Waals surface area contributed by atoms with Crippen molar-refractivity contribution in [2.24, 2.45) is 0 Å². The van der Waals surface area contributed by atoms with Crippen LogP contribution in [0.1, 0.15) is 42.6 Å². The molecule has 0 N–H and O–H groups in total. The van der Waals surface area contributed by atoms with Gasteiger partial charge in [-0.25, -0.2) is 4.98 Å². The summed E-state index contributed by atoms with van der Waals surface area (Å²) < 4.78 is 5.04. The van der Waals surface area contributed by atoms with Crippen LogP contribution in [-0.4, -0.2) is 31.0 Å². The Labute approximate surface area is 107 Å². The van der Waals surface area contributed by atoms with Gasteiger partial charge in [0, 0.05) is 19.7 Å². The number of carbonyl (C=O) groups excluding carboxylic acids is 1. The molecule has 4 nitrogen and oxygen atoms in total. The van der Waals surface area contributed by atoms with Crippen LogP contribution in [0, 0.1) is 0 Å². The zero-order valence-corrected chi connectivity index (χ0v) is 11.9. The second-order valence-corrected chi connectivity index (χ2v) is 5.59. The third kappa shape index (κ3) is 3.04. The van der Waals surface area contributed by atoms with Crippen molar-refractivity contribution >= 4 is 22.8 Å². The van der Waals surface area contributed by atoms with Gasteiger partial charge in [-0.2, -0.15) is 0 Å². The summed E-state index contributed by atoms with van der Waals surface area (Å²) in [6, 6.07) is 0. The van der Waals surface area contributed by atoms with Crippen molar-refractivity contribution in [3.63, 3.8) is 0 Å². The van der Waals surface area contributed by atoms with Gasteiger partial charge in [0.05, 0.1) is 17.2 Å². The van der Waals surface area contributed by atoms with E-state index in [4.69, 9.17) is 4.74 Å². The minimum Gasteiger partial charge on any atom is -0.378 e. The molecule has 0 radical (unpaired) electrons. The Morgan fingerprint density at radius 3 is 2.65 bits per heavy atom. The molecule has 0 fully saturated rings. The molecular formula is C12H20N2O2S. The zero-order valence-electron chi connectivity index (χ0n) is 11.1. The SMILES string of the molecule is CCC(C)(C)N(C)c1nc(COC)c(C=O)s1. The molecule has 1 aromatic rings. The van der Waals surface area contributed by atoms with Crippen LogP contribution in [0.5, 0.6) is 0 Å². The van der Waals surface area contributed by atoms with Gasteiger partial charge in [-0.05, 0) is 20.3 Å². The third-order valence-electron chi connectivity index (χ3n) is 3.16. The monoisotopic (exact) mass is 256 g/mol. The summed E-state index contributed by atoms with van der Waals surface area (Å²) in [4.78, 5) is 18.2. The largest absolute Gasteiger partial charge is 0.378 e. The Balaban J connectivity index is 3.03. The molecule has 0 unspecified atom stereocenters. The van der Waals surface area contributed by atoms with Crippen LogP contribution in [-0.2, 0) is 11.3 Å². The summed E-state index contributed by atoms with van der Waals surface area (Å²) in [6.45, 7) is 6.84. The van der Waals surface area contributed by atoms with Gasteiger partial charge in [0.25, 0.3) is 0 Å². The number of aromatic nitrogens is 1. The molecule has 0 atom stereocenters. The first-order valence-electron chi connectivity index (χ1n) is 5.64. The van der Waals surface area contributed by atoms with E-state index in [1.807, 2.05) is 7.05 Å². The molecule has 5 heteroatoms. The molecule has 0 aromatic carbocycles. The van der Waals surface area contributed by atoms with Gasteiger partial charge in [0.2, 0.25) is 0 Å². The molecule has 1 heterocycles. The molecule has 96 valence electrons. The lowest BCUT2D eigenvalue weighted by atomic mass is 10.0. The normalized spacial score (nSPS) is 11.6. The highest BCUT2D eigenvalue weighted by Crippen LogP contribution is 2.30. The number of ether oxygens (including phenoxy) is 1. The number of thiazole rings is 1. The summed E-state index contributed by atoms with van der Waals surface area (Å²) in [5.74, 6) is 0. The molecule has 0 saturated heterocycles. The van der Waals surface area contributed by atoms with Crippen LogP contribution in [0.25, 0.3) is 0 Å². The lowest BCUT2D eigenvalue weighted by molar-refractivity contribution is 0.112. The molecule has 0 saturated carbocycles. The summed E-state index contributed by atoms with van der Waals surface area (Å²) in [5.41, 5.74) is 0.753. The van der Waals surface area contributed by atoms with E-state index in [9.17, 15) is 4.79 Å². The van der Waals surface area contributed by atoms with Crippen LogP contribution in [0.4, 0.5) is 5.13 Å². The van der Waals surface area contributed by atoms with E-state index < -0.39 is 0 Å². The van der Waals surface area contributed by atoms with Gasteiger partial charge >= 0.3 is 0 Å². The van der Waals surface area contributed by atoms with Crippen LogP contribution in [0.2, 0.25) is 0 Å². The maximum Gasteiger partial charge on any atom is 0.186 e. The van der Waals surface area contributed by atoms with Crippen molar-refractivity contribution < 1.29 is 9.53 Å². The Hall–Kier alpha value is -0.940. The van der Waals surface area contributed by atoms with Gasteiger partial charge in [-0.1, -0.05) is 18.3 Å². The number of anilines is 1. The van der Waals surface area contributed by atoms with Gasteiger partial charge in [0.15, 0.2) is 11.4 Å². The van der Waals surface area contributed by atoms with E-state index in [1.165, 1.54) is 11.3 Å². The molecule has 0 aliphatic heterocycles. The predicted molar refractivity (Wildman–Crippen MR) is 71.0 cm³/mol. The lowest BCUT2D eigenvalue weighted by Gasteiger charge is -2.34. The maximum atomic E-state index is 11.0. The molecule has 0 spiro atoms. The molecule has 0 bridgehead atoms. The van der Waals surface area contributed by atoms with E-state index in [0.29, 0.717) is 11.5 Å². The zero-order chi connectivity index (χ0) is 13.1. The second kappa shape index (κ2) is 5.60. The molecule has 17 heavy (non-hydrogen) atoms. The van der Waals surface area contributed by atoms with Crippen molar-refractivity contribution in [2.75, 3.05) is 19.1 Å². The van der Waals surface area contributed by atoms with E-state index >= 15 is 0 Å². The smallest absolute Gasteiger partial charge is 0.186 e. The summed E-state index contributed by atoms with van der Waals surface area (Å²) in [5, 5.41) is 0.867. The van der Waals surface area contributed by atoms with E-state index in [1.54, 1.807) is 7.11 Å². The Bertz CT molecular complexity index is 388. The minimum atomic E-state index is 0.0301. The summed E-state index contributed by atoms with van der Waals surface area (Å²) in [7, 11) is 3.61. The van der Waals surface area contributed by atoms with Crippen LogP contribution >= 0.6 is 11.3 Å². The lowest BCUT2D eigenvalue weighted by Crippen LogP contribution is -2.40. The molecular weight excluding hydrogens is 236 g/mol. The first kappa shape index (κ1) is 14.1. The van der Waals surface area contributed by atoms with Gasteiger partial charge < -0.3 is 9.64 Å². The van der Waals surface area contributed by atoms with Crippen LogP contribution in [0.3, 0.4) is 0 Å². The van der Waals surface area contributed by atoms with Gasteiger partial charge in [-0.3, -0.25) is 4.79 Å². The highest BCUT2D eigenvalue weighted by atomic mass is 32.1. The van der Waals surface area contributed by atoms with Crippen molar-refractivity contribution in [3.8, 4) is 0 Å². The predicted octanol–water partition coefficient (Wildman–Crippen LogP) is 2.73. The highest BCUT2D eigenvalue weighted by molar-refractivity contribution is 7.17. The summed E-state index contributed by atoms with van der Waals surface area (Å²) >= 11 is 1.42. The molecule has 0 aliphatic rings. The first-order chi connectivity index (χ1) is 7.96. The third-order valence-corrected chi connectivity index (χ3v) is 4.26. The fourth-order valence-electron chi connectivity index (χ4n) is 1.32. The number of carbonyl (C=O) groups is 1. The Morgan fingerprint density at radius 2 is 2.18 bits per heavy atom. The van der Waals surface area contributed by atoms with Crippen molar-refractivity contribution in [1.82, 2.24) is 4.98 Å². The van der Waals surface area contributed by atoms with Gasteiger partial charge in [-0.15, -0.1) is 0 Å². The van der Waals surface area contributed by atoms with E-state index in [-0.39, 0.29) is 5.54 Å². The first-order valence-corrected chi connectivity index (χ1v) is 6.45. The minimum absolute atomic E-state index is 0.0301. The Kier molecular flexibility index (Phi) is 4.65. The molecule has 0 amide bonds. The van der Waals surface area contributed by atoms with Crippen LogP contribution in [0.15, 0.2) is 0 Å². The molecule has 1 rings (SSSR count). The number of hydrogen-bond donors (Lipinski definition) is 0.